The van der Waals surface area contributed by atoms with Gasteiger partial charge in [0.1, 0.15) is 0 Å². The van der Waals surface area contributed by atoms with E-state index in [0.29, 0.717) is 12.8 Å². The van der Waals surface area contributed by atoms with Crippen LogP contribution in [0.5, 0.6) is 5.75 Å². The minimum Gasteiger partial charge on any atom is -0.494 e. The number of amides is 1. The molecule has 1 fully saturated rings. The molecule has 1 N–H and O–H groups in total. The van der Waals surface area contributed by atoms with Gasteiger partial charge in [-0.15, -0.1) is 12.4 Å². The summed E-state index contributed by atoms with van der Waals surface area (Å²) < 4.78 is 18.4. The van der Waals surface area contributed by atoms with Gasteiger partial charge in [0.15, 0.2) is 11.6 Å². The summed E-state index contributed by atoms with van der Waals surface area (Å²) in [5.41, 5.74) is 0.821. The normalized spacial score (nSPS) is 14.6. The molecule has 0 saturated carbocycles. The van der Waals surface area contributed by atoms with Crippen LogP contribution in [0.3, 0.4) is 0 Å². The van der Waals surface area contributed by atoms with E-state index in [1.54, 1.807) is 12.1 Å². The largest absolute Gasteiger partial charge is 0.494 e. The first-order chi connectivity index (χ1) is 9.20. The molecule has 1 saturated heterocycles. The first kappa shape index (κ1) is 16.7. The average Bonchev–Trinajstić information content (AvgIpc) is 2.46. The van der Waals surface area contributed by atoms with Crippen molar-refractivity contribution in [2.24, 2.45) is 0 Å². The van der Waals surface area contributed by atoms with Gasteiger partial charge in [0, 0.05) is 32.6 Å². The molecule has 0 aliphatic carbocycles. The highest BCUT2D eigenvalue weighted by Crippen LogP contribution is 2.18. The van der Waals surface area contributed by atoms with E-state index in [-0.39, 0.29) is 29.9 Å². The molecule has 2 rings (SSSR count). The van der Waals surface area contributed by atoms with Crippen molar-refractivity contribution in [3.05, 3.63) is 29.6 Å². The monoisotopic (exact) mass is 302 g/mol. The van der Waals surface area contributed by atoms with Crippen molar-refractivity contribution >= 4 is 18.3 Å². The van der Waals surface area contributed by atoms with E-state index in [2.05, 4.69) is 5.32 Å². The van der Waals surface area contributed by atoms with Crippen molar-refractivity contribution in [3.8, 4) is 5.75 Å². The molecule has 0 spiro atoms. The minimum absolute atomic E-state index is 0. The Morgan fingerprint density at radius 1 is 1.40 bits per heavy atom. The van der Waals surface area contributed by atoms with Crippen LogP contribution in [0.4, 0.5) is 4.39 Å². The van der Waals surface area contributed by atoms with E-state index in [9.17, 15) is 9.18 Å². The third kappa shape index (κ3) is 4.35. The summed E-state index contributed by atoms with van der Waals surface area (Å²) >= 11 is 0. The zero-order valence-corrected chi connectivity index (χ0v) is 12.3. The van der Waals surface area contributed by atoms with E-state index in [1.165, 1.54) is 13.2 Å². The maximum Gasteiger partial charge on any atom is 0.222 e. The van der Waals surface area contributed by atoms with Crippen LogP contribution >= 0.6 is 12.4 Å². The predicted octanol–water partition coefficient (Wildman–Crippen LogP) is 1.62. The number of methoxy groups -OCH3 is 1. The Labute approximate surface area is 124 Å². The molecule has 1 heterocycles. The first-order valence-electron chi connectivity index (χ1n) is 6.51. The Hall–Kier alpha value is -1.33. The highest BCUT2D eigenvalue weighted by molar-refractivity contribution is 5.85. The van der Waals surface area contributed by atoms with Gasteiger partial charge in [-0.2, -0.15) is 0 Å². The van der Waals surface area contributed by atoms with Gasteiger partial charge < -0.3 is 15.0 Å². The molecule has 0 radical (unpaired) electrons. The van der Waals surface area contributed by atoms with Crippen LogP contribution in [0, 0.1) is 5.82 Å². The molecule has 112 valence electrons. The van der Waals surface area contributed by atoms with Gasteiger partial charge >= 0.3 is 0 Å². The second-order valence-electron chi connectivity index (χ2n) is 4.60. The molecule has 20 heavy (non-hydrogen) atoms. The van der Waals surface area contributed by atoms with Crippen molar-refractivity contribution in [2.75, 3.05) is 33.3 Å². The molecule has 4 nitrogen and oxygen atoms in total. The second kappa shape index (κ2) is 8.07. The Morgan fingerprint density at radius 2 is 2.10 bits per heavy atom. The quantitative estimate of drug-likeness (QED) is 0.919. The minimum atomic E-state index is -0.380. The number of hydrogen-bond donors (Lipinski definition) is 1. The van der Waals surface area contributed by atoms with Gasteiger partial charge in [-0.1, -0.05) is 6.07 Å². The van der Waals surface area contributed by atoms with Gasteiger partial charge in [0.2, 0.25) is 5.91 Å². The fourth-order valence-electron chi connectivity index (χ4n) is 2.19. The standard InChI is InChI=1S/C14H19FN2O2.ClH/c1-19-13-4-2-11(10-12(13)15)3-5-14(18)17-8-6-16-7-9-17;/h2,4,10,16H,3,5-9H2,1H3;1H. The van der Waals surface area contributed by atoms with Gasteiger partial charge in [0.05, 0.1) is 7.11 Å². The number of carbonyl (C=O) groups excluding carboxylic acids is 1. The third-order valence-corrected chi connectivity index (χ3v) is 3.31. The Balaban J connectivity index is 0.00000200. The predicted molar refractivity (Wildman–Crippen MR) is 78.0 cm³/mol. The zero-order valence-electron chi connectivity index (χ0n) is 11.5. The lowest BCUT2D eigenvalue weighted by atomic mass is 10.1. The maximum absolute atomic E-state index is 13.5. The van der Waals surface area contributed by atoms with E-state index < -0.39 is 0 Å². The SMILES string of the molecule is COc1ccc(CCC(=O)N2CCNCC2)cc1F.Cl. The maximum atomic E-state index is 13.5. The van der Waals surface area contributed by atoms with Crippen LogP contribution < -0.4 is 10.1 Å². The molecule has 0 atom stereocenters. The Kier molecular flexibility index (Phi) is 6.75. The van der Waals surface area contributed by atoms with E-state index in [0.717, 1.165) is 31.7 Å². The van der Waals surface area contributed by atoms with Gasteiger partial charge in [-0.3, -0.25) is 4.79 Å². The molecule has 1 aromatic carbocycles. The highest BCUT2D eigenvalue weighted by atomic mass is 35.5. The molecular formula is C14H20ClFN2O2. The molecule has 1 aliphatic rings. The smallest absolute Gasteiger partial charge is 0.222 e. The highest BCUT2D eigenvalue weighted by Gasteiger charge is 2.15. The molecule has 1 aliphatic heterocycles. The van der Waals surface area contributed by atoms with Crippen molar-refractivity contribution in [1.82, 2.24) is 10.2 Å². The number of piperazine rings is 1. The Morgan fingerprint density at radius 3 is 2.70 bits per heavy atom. The number of nitrogens with one attached hydrogen (secondary N) is 1. The number of rotatable bonds is 4. The molecule has 1 aromatic rings. The average molecular weight is 303 g/mol. The fourth-order valence-corrected chi connectivity index (χ4v) is 2.19. The number of aryl methyl sites for hydroxylation is 1. The summed E-state index contributed by atoms with van der Waals surface area (Å²) in [6, 6.07) is 4.83. The fraction of sp³-hybridized carbons (Fsp3) is 0.500. The van der Waals surface area contributed by atoms with Crippen LogP contribution in [0.15, 0.2) is 18.2 Å². The molecule has 1 amide bonds. The van der Waals surface area contributed by atoms with Gasteiger partial charge in [-0.05, 0) is 24.1 Å². The number of carbonyl (C=O) groups is 1. The van der Waals surface area contributed by atoms with Crippen molar-refractivity contribution < 1.29 is 13.9 Å². The lowest BCUT2D eigenvalue weighted by Gasteiger charge is -2.27. The lowest BCUT2D eigenvalue weighted by Crippen LogP contribution is -2.46. The lowest BCUT2D eigenvalue weighted by molar-refractivity contribution is -0.131. The molecular weight excluding hydrogens is 283 g/mol. The Bertz CT molecular complexity index is 451. The number of hydrogen-bond acceptors (Lipinski definition) is 3. The van der Waals surface area contributed by atoms with Crippen LogP contribution in [-0.4, -0.2) is 44.1 Å². The topological polar surface area (TPSA) is 41.6 Å². The van der Waals surface area contributed by atoms with E-state index in [1.807, 2.05) is 4.90 Å². The molecule has 0 bridgehead atoms. The van der Waals surface area contributed by atoms with E-state index in [4.69, 9.17) is 4.74 Å². The molecule has 0 aromatic heterocycles. The van der Waals surface area contributed by atoms with Crippen LogP contribution in [0.2, 0.25) is 0 Å². The summed E-state index contributed by atoms with van der Waals surface area (Å²) in [6.07, 6.45) is 0.982. The number of benzene rings is 1. The van der Waals surface area contributed by atoms with Crippen LogP contribution in [-0.2, 0) is 11.2 Å². The summed E-state index contributed by atoms with van der Waals surface area (Å²) in [5.74, 6) is -0.00970. The first-order valence-corrected chi connectivity index (χ1v) is 6.51. The van der Waals surface area contributed by atoms with Crippen LogP contribution in [0.25, 0.3) is 0 Å². The summed E-state index contributed by atoms with van der Waals surface area (Å²) in [7, 11) is 1.44. The van der Waals surface area contributed by atoms with Crippen molar-refractivity contribution in [1.29, 1.82) is 0 Å². The zero-order chi connectivity index (χ0) is 13.7. The number of ether oxygens (including phenoxy) is 1. The molecule has 6 heteroatoms. The number of halogens is 2. The van der Waals surface area contributed by atoms with Gasteiger partial charge in [0.25, 0.3) is 0 Å². The summed E-state index contributed by atoms with van der Waals surface area (Å²) in [5, 5.41) is 3.21. The summed E-state index contributed by atoms with van der Waals surface area (Å²) in [6.45, 7) is 3.22. The second-order valence-corrected chi connectivity index (χ2v) is 4.60. The molecule has 0 unspecified atom stereocenters. The van der Waals surface area contributed by atoms with Crippen molar-refractivity contribution in [2.45, 2.75) is 12.8 Å². The number of nitrogens with zero attached hydrogens (tertiary/aromatic N) is 1. The van der Waals surface area contributed by atoms with Gasteiger partial charge in [-0.25, -0.2) is 4.39 Å². The summed E-state index contributed by atoms with van der Waals surface area (Å²) in [4.78, 5) is 13.8. The van der Waals surface area contributed by atoms with E-state index >= 15 is 0 Å². The van der Waals surface area contributed by atoms with Crippen LogP contribution in [0.1, 0.15) is 12.0 Å². The van der Waals surface area contributed by atoms with Crippen molar-refractivity contribution in [3.63, 3.8) is 0 Å². The third-order valence-electron chi connectivity index (χ3n) is 3.31.